The average Bonchev–Trinajstić information content (AvgIpc) is 3.18. The number of carbonyl (C=O) groups is 1. The third kappa shape index (κ3) is 6.74. The van der Waals surface area contributed by atoms with E-state index >= 15 is 0 Å². The minimum absolute atomic E-state index is 0.127. The highest BCUT2D eigenvalue weighted by molar-refractivity contribution is 8.00. The Hall–Kier alpha value is -3.00. The van der Waals surface area contributed by atoms with Gasteiger partial charge in [-0.05, 0) is 49.1 Å². The smallest absolute Gasteiger partial charge is 0.237 e. The van der Waals surface area contributed by atoms with Crippen molar-refractivity contribution in [1.29, 1.82) is 0 Å². The Balaban J connectivity index is 1.69. The van der Waals surface area contributed by atoms with Crippen LogP contribution in [0, 0.1) is 5.92 Å². The van der Waals surface area contributed by atoms with Crippen molar-refractivity contribution in [2.24, 2.45) is 5.92 Å². The Morgan fingerprint density at radius 3 is 2.48 bits per heavy atom. The summed E-state index contributed by atoms with van der Waals surface area (Å²) in [5.74, 6) is 2.42. The second kappa shape index (κ2) is 11.7. The van der Waals surface area contributed by atoms with Crippen molar-refractivity contribution in [1.82, 2.24) is 14.8 Å². The number of carbonyl (C=O) groups excluding carboxylic acids is 1. The normalized spacial score (nSPS) is 11.9. The van der Waals surface area contributed by atoms with E-state index < -0.39 is 0 Å². The van der Waals surface area contributed by atoms with Gasteiger partial charge in [-0.15, -0.1) is 10.2 Å². The Bertz CT molecular complexity index is 1050. The number of methoxy groups -OCH3 is 1. The summed E-state index contributed by atoms with van der Waals surface area (Å²) in [6, 6.07) is 15.4. The number of aromatic nitrogens is 3. The number of nitrogens with one attached hydrogen (secondary N) is 1. The number of para-hydroxylation sites is 2. The molecule has 3 rings (SSSR count). The number of anilines is 1. The van der Waals surface area contributed by atoms with Crippen molar-refractivity contribution in [3.8, 4) is 11.5 Å². The first kappa shape index (κ1) is 24.6. The predicted molar refractivity (Wildman–Crippen MR) is 132 cm³/mol. The first-order valence-corrected chi connectivity index (χ1v) is 12.0. The summed E-state index contributed by atoms with van der Waals surface area (Å²) in [5.41, 5.74) is 1.91. The molecule has 0 spiro atoms. The van der Waals surface area contributed by atoms with Gasteiger partial charge in [-0.2, -0.15) is 0 Å². The minimum atomic E-state index is -0.375. The molecule has 1 heterocycles. The van der Waals surface area contributed by atoms with E-state index in [1.54, 1.807) is 7.11 Å². The lowest BCUT2D eigenvalue weighted by atomic mass is 10.2. The maximum atomic E-state index is 12.8. The van der Waals surface area contributed by atoms with Crippen molar-refractivity contribution in [3.63, 3.8) is 0 Å². The first-order valence-electron chi connectivity index (χ1n) is 11.2. The Kier molecular flexibility index (Phi) is 8.77. The zero-order valence-electron chi connectivity index (χ0n) is 19.9. The largest absolute Gasteiger partial charge is 0.495 e. The summed E-state index contributed by atoms with van der Waals surface area (Å²) >= 11 is 1.38. The molecule has 1 atom stereocenters. The van der Waals surface area contributed by atoms with E-state index in [0.29, 0.717) is 29.1 Å². The molecule has 1 aromatic heterocycles. The van der Waals surface area contributed by atoms with Gasteiger partial charge in [0.1, 0.15) is 18.1 Å². The predicted octanol–water partition coefficient (Wildman–Crippen LogP) is 5.20. The summed E-state index contributed by atoms with van der Waals surface area (Å²) in [6.07, 6.45) is 0.992. The number of ether oxygens (including phenoxy) is 2. The van der Waals surface area contributed by atoms with Gasteiger partial charge >= 0.3 is 0 Å². The number of hydrogen-bond acceptors (Lipinski definition) is 6. The van der Waals surface area contributed by atoms with Gasteiger partial charge in [0.15, 0.2) is 11.0 Å². The standard InChI is InChI=1S/C25H32N4O3S/c1-6-19-11-13-20(14-12-19)32-16-23-27-28-25(29(23)15-17(2)3)33-18(4)24(30)26-21-9-7-8-10-22(21)31-5/h7-14,17-18H,6,15-16H2,1-5H3,(H,26,30). The van der Waals surface area contributed by atoms with Gasteiger partial charge in [0, 0.05) is 6.54 Å². The van der Waals surface area contributed by atoms with Crippen molar-refractivity contribution in [3.05, 3.63) is 59.9 Å². The zero-order chi connectivity index (χ0) is 23.8. The molecule has 7 nitrogen and oxygen atoms in total. The lowest BCUT2D eigenvalue weighted by Crippen LogP contribution is -2.23. The van der Waals surface area contributed by atoms with Crippen LogP contribution in [0.4, 0.5) is 5.69 Å². The minimum Gasteiger partial charge on any atom is -0.495 e. The summed E-state index contributed by atoms with van der Waals surface area (Å²) in [5, 5.41) is 12.0. The van der Waals surface area contributed by atoms with E-state index in [2.05, 4.69) is 48.4 Å². The number of amides is 1. The lowest BCUT2D eigenvalue weighted by molar-refractivity contribution is -0.115. The number of nitrogens with zero attached hydrogens (tertiary/aromatic N) is 3. The molecule has 0 saturated heterocycles. The van der Waals surface area contributed by atoms with Crippen LogP contribution < -0.4 is 14.8 Å². The van der Waals surface area contributed by atoms with E-state index in [0.717, 1.165) is 24.5 Å². The number of benzene rings is 2. The SMILES string of the molecule is CCc1ccc(OCc2nnc(SC(C)C(=O)Nc3ccccc3OC)n2CC(C)C)cc1. The molecule has 1 unspecified atom stereocenters. The molecule has 0 aliphatic rings. The van der Waals surface area contributed by atoms with E-state index in [9.17, 15) is 4.79 Å². The van der Waals surface area contributed by atoms with Gasteiger partial charge in [-0.25, -0.2) is 0 Å². The summed E-state index contributed by atoms with van der Waals surface area (Å²) in [6.45, 7) is 9.31. The molecule has 3 aromatic rings. The molecule has 2 aromatic carbocycles. The van der Waals surface area contributed by atoms with Crippen LogP contribution in [0.15, 0.2) is 53.7 Å². The zero-order valence-corrected chi connectivity index (χ0v) is 20.7. The maximum absolute atomic E-state index is 12.8. The number of aryl methyl sites for hydroxylation is 1. The highest BCUT2D eigenvalue weighted by Gasteiger charge is 2.22. The highest BCUT2D eigenvalue weighted by Crippen LogP contribution is 2.27. The molecule has 0 fully saturated rings. The van der Waals surface area contributed by atoms with E-state index in [1.165, 1.54) is 17.3 Å². The summed E-state index contributed by atoms with van der Waals surface area (Å²) < 4.78 is 13.3. The maximum Gasteiger partial charge on any atom is 0.237 e. The van der Waals surface area contributed by atoms with Gasteiger partial charge in [0.05, 0.1) is 18.0 Å². The monoisotopic (exact) mass is 468 g/mol. The molecule has 0 radical (unpaired) electrons. The molecule has 0 saturated carbocycles. The van der Waals surface area contributed by atoms with Gasteiger partial charge in [0.25, 0.3) is 0 Å². The molecule has 0 bridgehead atoms. The fraction of sp³-hybridized carbons (Fsp3) is 0.400. The Morgan fingerprint density at radius 2 is 1.82 bits per heavy atom. The van der Waals surface area contributed by atoms with Crippen LogP contribution in [0.1, 0.15) is 39.1 Å². The molecular weight excluding hydrogens is 436 g/mol. The van der Waals surface area contributed by atoms with Crippen LogP contribution in [-0.2, 0) is 24.4 Å². The number of hydrogen-bond donors (Lipinski definition) is 1. The third-order valence-corrected chi connectivity index (χ3v) is 6.14. The lowest BCUT2D eigenvalue weighted by Gasteiger charge is -2.16. The number of thioether (sulfide) groups is 1. The molecule has 0 aliphatic heterocycles. The Morgan fingerprint density at radius 1 is 1.09 bits per heavy atom. The van der Waals surface area contributed by atoms with Crippen LogP contribution in [0.5, 0.6) is 11.5 Å². The van der Waals surface area contributed by atoms with Crippen LogP contribution in [-0.4, -0.2) is 33.0 Å². The Labute approximate surface area is 199 Å². The molecule has 176 valence electrons. The summed E-state index contributed by atoms with van der Waals surface area (Å²) in [7, 11) is 1.58. The topological polar surface area (TPSA) is 78.3 Å². The van der Waals surface area contributed by atoms with Crippen LogP contribution >= 0.6 is 11.8 Å². The molecule has 0 aliphatic carbocycles. The average molecular weight is 469 g/mol. The van der Waals surface area contributed by atoms with E-state index in [4.69, 9.17) is 9.47 Å². The first-order chi connectivity index (χ1) is 15.9. The van der Waals surface area contributed by atoms with Gasteiger partial charge < -0.3 is 19.4 Å². The van der Waals surface area contributed by atoms with E-state index in [1.807, 2.05) is 47.9 Å². The molecule has 33 heavy (non-hydrogen) atoms. The highest BCUT2D eigenvalue weighted by atomic mass is 32.2. The van der Waals surface area contributed by atoms with Gasteiger partial charge in [-0.3, -0.25) is 4.79 Å². The van der Waals surface area contributed by atoms with Crippen LogP contribution in [0.3, 0.4) is 0 Å². The fourth-order valence-corrected chi connectivity index (χ4v) is 4.10. The van der Waals surface area contributed by atoms with Crippen molar-refractivity contribution < 1.29 is 14.3 Å². The molecular formula is C25H32N4O3S. The molecule has 8 heteroatoms. The van der Waals surface area contributed by atoms with E-state index in [-0.39, 0.29) is 11.2 Å². The second-order valence-electron chi connectivity index (χ2n) is 8.14. The summed E-state index contributed by atoms with van der Waals surface area (Å²) in [4.78, 5) is 12.8. The van der Waals surface area contributed by atoms with Crippen molar-refractivity contribution in [2.75, 3.05) is 12.4 Å². The molecule has 1 amide bonds. The second-order valence-corrected chi connectivity index (χ2v) is 9.45. The quantitative estimate of drug-likeness (QED) is 0.390. The number of rotatable bonds is 11. The van der Waals surface area contributed by atoms with Gasteiger partial charge in [-0.1, -0.05) is 56.8 Å². The van der Waals surface area contributed by atoms with Crippen LogP contribution in [0.2, 0.25) is 0 Å². The van der Waals surface area contributed by atoms with Crippen molar-refractivity contribution in [2.45, 2.75) is 57.7 Å². The van der Waals surface area contributed by atoms with Gasteiger partial charge in [0.2, 0.25) is 5.91 Å². The van der Waals surface area contributed by atoms with Crippen LogP contribution in [0.25, 0.3) is 0 Å². The fourth-order valence-electron chi connectivity index (χ4n) is 3.22. The molecule has 1 N–H and O–H groups in total. The third-order valence-electron chi connectivity index (χ3n) is 5.06. The van der Waals surface area contributed by atoms with Crippen molar-refractivity contribution >= 4 is 23.4 Å².